The number of benzene rings is 1. The van der Waals surface area contributed by atoms with Crippen molar-refractivity contribution in [2.75, 3.05) is 12.4 Å². The number of rotatable bonds is 2. The van der Waals surface area contributed by atoms with Gasteiger partial charge < -0.3 is 10.1 Å². The minimum absolute atomic E-state index is 0.118. The first-order valence-corrected chi connectivity index (χ1v) is 6.82. The Morgan fingerprint density at radius 2 is 1.89 bits per heavy atom. The van der Waals surface area contributed by atoms with Crippen molar-refractivity contribution in [1.29, 1.82) is 0 Å². The Morgan fingerprint density at radius 3 is 2.56 bits per heavy atom. The molecule has 0 saturated heterocycles. The van der Waals surface area contributed by atoms with E-state index in [1.54, 1.807) is 7.11 Å². The summed E-state index contributed by atoms with van der Waals surface area (Å²) in [6.07, 6.45) is 0. The van der Waals surface area contributed by atoms with Crippen LogP contribution in [0.25, 0.3) is 20.4 Å². The van der Waals surface area contributed by atoms with Crippen molar-refractivity contribution < 1.29 is 9.53 Å². The van der Waals surface area contributed by atoms with Crippen LogP contribution in [-0.4, -0.2) is 23.0 Å². The molecule has 18 heavy (non-hydrogen) atoms. The second-order valence-electron chi connectivity index (χ2n) is 3.65. The van der Waals surface area contributed by atoms with Gasteiger partial charge in [-0.25, -0.2) is 9.97 Å². The highest BCUT2D eigenvalue weighted by atomic mass is 32.1. The van der Waals surface area contributed by atoms with Crippen LogP contribution in [0, 0.1) is 0 Å². The molecule has 2 heterocycles. The first-order valence-electron chi connectivity index (χ1n) is 5.19. The van der Waals surface area contributed by atoms with E-state index in [2.05, 4.69) is 15.3 Å². The van der Waals surface area contributed by atoms with Crippen molar-refractivity contribution in [3.8, 4) is 5.19 Å². The highest BCUT2D eigenvalue weighted by molar-refractivity contribution is 7.29. The summed E-state index contributed by atoms with van der Waals surface area (Å²) in [5.41, 5.74) is 1.75. The Morgan fingerprint density at radius 1 is 1.22 bits per heavy atom. The third-order valence-electron chi connectivity index (χ3n) is 2.35. The lowest BCUT2D eigenvalue weighted by Crippen LogP contribution is -2.04. The summed E-state index contributed by atoms with van der Waals surface area (Å²) in [5, 5.41) is 3.94. The van der Waals surface area contributed by atoms with E-state index in [0.29, 0.717) is 10.3 Å². The first kappa shape index (κ1) is 11.4. The molecule has 2 aromatic heterocycles. The van der Waals surface area contributed by atoms with Crippen LogP contribution in [0.5, 0.6) is 5.19 Å². The Kier molecular flexibility index (Phi) is 2.64. The van der Waals surface area contributed by atoms with Crippen LogP contribution >= 0.6 is 22.7 Å². The van der Waals surface area contributed by atoms with Crippen molar-refractivity contribution in [3.63, 3.8) is 0 Å². The Balaban J connectivity index is 2.22. The molecule has 0 spiro atoms. The molecule has 1 aromatic carbocycles. The molecule has 0 unspecified atom stereocenters. The van der Waals surface area contributed by atoms with E-state index in [0.717, 1.165) is 20.4 Å². The monoisotopic (exact) mass is 279 g/mol. The lowest BCUT2D eigenvalue weighted by Gasteiger charge is -1.91. The van der Waals surface area contributed by atoms with Crippen LogP contribution < -0.4 is 10.1 Å². The second-order valence-corrected chi connectivity index (χ2v) is 5.61. The van der Waals surface area contributed by atoms with E-state index >= 15 is 0 Å². The lowest BCUT2D eigenvalue weighted by molar-refractivity contribution is -0.114. The van der Waals surface area contributed by atoms with Crippen LogP contribution in [0.15, 0.2) is 12.1 Å². The highest BCUT2D eigenvalue weighted by Crippen LogP contribution is 2.37. The molecule has 0 aliphatic rings. The molecule has 3 aromatic rings. The molecule has 92 valence electrons. The molecule has 0 fully saturated rings. The largest absolute Gasteiger partial charge is 0.473 e. The molecule has 5 nitrogen and oxygen atoms in total. The van der Waals surface area contributed by atoms with Gasteiger partial charge in [0.15, 0.2) is 5.13 Å². The fourth-order valence-electron chi connectivity index (χ4n) is 1.64. The van der Waals surface area contributed by atoms with Crippen LogP contribution in [0.1, 0.15) is 6.92 Å². The minimum atomic E-state index is -0.118. The van der Waals surface area contributed by atoms with Gasteiger partial charge in [-0.1, -0.05) is 22.7 Å². The molecular weight excluding hydrogens is 270 g/mol. The maximum atomic E-state index is 11.0. The standard InChI is InChI=1S/C11H9N3O2S2/c1-5(15)12-10-13-6-3-4-7-9(8(6)17-10)18-11(14-7)16-2/h3-4H,1-2H3,(H,12,13,15). The predicted octanol–water partition coefficient (Wildman–Crippen LogP) is 2.87. The van der Waals surface area contributed by atoms with Crippen molar-refractivity contribution in [2.24, 2.45) is 0 Å². The summed E-state index contributed by atoms with van der Waals surface area (Å²) in [5.74, 6) is -0.118. The number of ether oxygens (including phenoxy) is 1. The van der Waals surface area contributed by atoms with Crippen LogP contribution in [-0.2, 0) is 4.79 Å². The van der Waals surface area contributed by atoms with Crippen molar-refractivity contribution in [2.45, 2.75) is 6.92 Å². The normalized spacial score (nSPS) is 11.0. The molecule has 0 atom stereocenters. The molecule has 0 aliphatic heterocycles. The van der Waals surface area contributed by atoms with Gasteiger partial charge in [-0.15, -0.1) is 0 Å². The third kappa shape index (κ3) is 1.81. The van der Waals surface area contributed by atoms with E-state index < -0.39 is 0 Å². The first-order chi connectivity index (χ1) is 8.67. The Bertz CT molecular complexity index is 747. The number of anilines is 1. The molecule has 3 rings (SSSR count). The third-order valence-corrected chi connectivity index (χ3v) is 4.53. The number of nitrogens with one attached hydrogen (secondary N) is 1. The Hall–Kier alpha value is -1.73. The number of hydrogen-bond donors (Lipinski definition) is 1. The summed E-state index contributed by atoms with van der Waals surface area (Å²) in [6.45, 7) is 1.47. The predicted molar refractivity (Wildman–Crippen MR) is 73.7 cm³/mol. The van der Waals surface area contributed by atoms with Crippen molar-refractivity contribution in [1.82, 2.24) is 9.97 Å². The molecule has 0 radical (unpaired) electrons. The number of methoxy groups -OCH3 is 1. The zero-order valence-corrected chi connectivity index (χ0v) is 11.3. The number of carbonyl (C=O) groups excluding carboxylic acids is 1. The number of thiazole rings is 2. The second kappa shape index (κ2) is 4.18. The van der Waals surface area contributed by atoms with Gasteiger partial charge in [0.05, 0.1) is 27.5 Å². The van der Waals surface area contributed by atoms with Crippen LogP contribution in [0.3, 0.4) is 0 Å². The molecular formula is C11H9N3O2S2. The fourth-order valence-corrected chi connectivity index (χ4v) is 3.66. The zero-order valence-electron chi connectivity index (χ0n) is 9.68. The zero-order chi connectivity index (χ0) is 12.7. The van der Waals surface area contributed by atoms with Gasteiger partial charge in [0.1, 0.15) is 0 Å². The SMILES string of the molecule is COc1nc2ccc3nc(NC(C)=O)sc3c2s1. The number of amides is 1. The van der Waals surface area contributed by atoms with Gasteiger partial charge in [-0.2, -0.15) is 0 Å². The summed E-state index contributed by atoms with van der Waals surface area (Å²) in [7, 11) is 1.60. The molecule has 1 amide bonds. The summed E-state index contributed by atoms with van der Waals surface area (Å²) < 4.78 is 7.21. The van der Waals surface area contributed by atoms with Gasteiger partial charge in [0.2, 0.25) is 5.91 Å². The minimum Gasteiger partial charge on any atom is -0.473 e. The van der Waals surface area contributed by atoms with Crippen molar-refractivity contribution >= 4 is 54.1 Å². The average molecular weight is 279 g/mol. The molecule has 0 aliphatic carbocycles. The van der Waals surface area contributed by atoms with E-state index in [9.17, 15) is 4.79 Å². The fraction of sp³-hybridized carbons (Fsp3) is 0.182. The topological polar surface area (TPSA) is 64.1 Å². The van der Waals surface area contributed by atoms with Crippen LogP contribution in [0.2, 0.25) is 0 Å². The smallest absolute Gasteiger partial charge is 0.274 e. The van der Waals surface area contributed by atoms with Crippen LogP contribution in [0.4, 0.5) is 5.13 Å². The van der Waals surface area contributed by atoms with E-state index in [1.165, 1.54) is 29.6 Å². The molecule has 7 heteroatoms. The maximum absolute atomic E-state index is 11.0. The van der Waals surface area contributed by atoms with E-state index in [-0.39, 0.29) is 5.91 Å². The number of fused-ring (bicyclic) bond motifs is 3. The van der Waals surface area contributed by atoms with Crippen molar-refractivity contribution in [3.05, 3.63) is 12.1 Å². The highest BCUT2D eigenvalue weighted by Gasteiger charge is 2.12. The van der Waals surface area contributed by atoms with Gasteiger partial charge >= 0.3 is 0 Å². The van der Waals surface area contributed by atoms with Gasteiger partial charge in [-0.05, 0) is 12.1 Å². The number of nitrogens with zero attached hydrogens (tertiary/aromatic N) is 2. The summed E-state index contributed by atoms with van der Waals surface area (Å²) in [4.78, 5) is 19.7. The molecule has 1 N–H and O–H groups in total. The number of aromatic nitrogens is 2. The summed E-state index contributed by atoms with van der Waals surface area (Å²) in [6, 6.07) is 3.81. The van der Waals surface area contributed by atoms with Gasteiger partial charge in [0, 0.05) is 6.92 Å². The maximum Gasteiger partial charge on any atom is 0.274 e. The van der Waals surface area contributed by atoms with Gasteiger partial charge in [0.25, 0.3) is 5.19 Å². The molecule has 0 saturated carbocycles. The quantitative estimate of drug-likeness (QED) is 0.783. The summed E-state index contributed by atoms with van der Waals surface area (Å²) >= 11 is 2.93. The van der Waals surface area contributed by atoms with Gasteiger partial charge in [-0.3, -0.25) is 4.79 Å². The van der Waals surface area contributed by atoms with E-state index in [4.69, 9.17) is 4.74 Å². The number of hydrogen-bond acceptors (Lipinski definition) is 6. The molecule has 0 bridgehead atoms. The Labute approximate surface area is 110 Å². The average Bonchev–Trinajstić information content (AvgIpc) is 2.89. The lowest BCUT2D eigenvalue weighted by atomic mass is 10.3. The van der Waals surface area contributed by atoms with E-state index in [1.807, 2.05) is 12.1 Å². The number of carbonyl (C=O) groups is 1.